The molecule has 0 aliphatic heterocycles. The standard InChI is InChI=1S/C18H20Cl2N2O4S/c1-4-26-17-8-6-5-7-16(17)21-18(23)12(2)22(27(3,24)25)15-10-13(19)9-14(20)11-15/h5-12H,4H2,1-3H3,(H,21,23)/t12-/m0/s1. The van der Waals surface area contributed by atoms with Crippen LogP contribution in [0.5, 0.6) is 5.75 Å². The summed E-state index contributed by atoms with van der Waals surface area (Å²) in [6.07, 6.45) is 1.01. The van der Waals surface area contributed by atoms with Gasteiger partial charge < -0.3 is 10.1 Å². The number of halogens is 2. The van der Waals surface area contributed by atoms with Crippen LogP contribution < -0.4 is 14.4 Å². The molecule has 0 aromatic heterocycles. The van der Waals surface area contributed by atoms with Crippen molar-refractivity contribution in [3.8, 4) is 5.75 Å². The molecule has 1 atom stereocenters. The molecule has 27 heavy (non-hydrogen) atoms. The molecule has 1 amide bonds. The molecule has 0 spiro atoms. The molecule has 146 valence electrons. The zero-order chi connectivity index (χ0) is 20.2. The van der Waals surface area contributed by atoms with Gasteiger partial charge in [0.2, 0.25) is 15.9 Å². The van der Waals surface area contributed by atoms with Crippen molar-refractivity contribution in [2.45, 2.75) is 19.9 Å². The zero-order valence-electron chi connectivity index (χ0n) is 15.1. The largest absolute Gasteiger partial charge is 0.492 e. The van der Waals surface area contributed by atoms with Gasteiger partial charge in [-0.15, -0.1) is 0 Å². The molecule has 0 bridgehead atoms. The molecule has 0 fully saturated rings. The van der Waals surface area contributed by atoms with E-state index in [9.17, 15) is 13.2 Å². The zero-order valence-corrected chi connectivity index (χ0v) is 17.4. The van der Waals surface area contributed by atoms with E-state index in [1.807, 2.05) is 6.92 Å². The number of para-hydroxylation sites is 2. The number of nitrogens with zero attached hydrogens (tertiary/aromatic N) is 1. The predicted molar refractivity (Wildman–Crippen MR) is 109 cm³/mol. The molecule has 0 radical (unpaired) electrons. The SMILES string of the molecule is CCOc1ccccc1NC(=O)[C@H](C)N(c1cc(Cl)cc(Cl)c1)S(C)(=O)=O. The van der Waals surface area contributed by atoms with Gasteiger partial charge in [-0.2, -0.15) is 0 Å². The van der Waals surface area contributed by atoms with Gasteiger partial charge in [0.15, 0.2) is 0 Å². The molecule has 2 aromatic rings. The first-order valence-corrected chi connectivity index (χ1v) is 10.7. The first kappa shape index (κ1) is 21.3. The van der Waals surface area contributed by atoms with Gasteiger partial charge in [0.25, 0.3) is 0 Å². The first-order valence-electron chi connectivity index (χ1n) is 8.11. The second-order valence-electron chi connectivity index (χ2n) is 5.78. The molecule has 0 heterocycles. The van der Waals surface area contributed by atoms with E-state index in [0.29, 0.717) is 18.0 Å². The summed E-state index contributed by atoms with van der Waals surface area (Å²) in [5.74, 6) is -0.0269. The van der Waals surface area contributed by atoms with Gasteiger partial charge >= 0.3 is 0 Å². The van der Waals surface area contributed by atoms with E-state index in [4.69, 9.17) is 27.9 Å². The topological polar surface area (TPSA) is 75.7 Å². The quantitative estimate of drug-likeness (QED) is 0.714. The van der Waals surface area contributed by atoms with Crippen LogP contribution in [-0.2, 0) is 14.8 Å². The highest BCUT2D eigenvalue weighted by molar-refractivity contribution is 7.92. The van der Waals surface area contributed by atoms with Crippen molar-refractivity contribution in [2.75, 3.05) is 22.5 Å². The lowest BCUT2D eigenvalue weighted by Crippen LogP contribution is -2.45. The van der Waals surface area contributed by atoms with E-state index in [1.54, 1.807) is 24.3 Å². The fraction of sp³-hybridized carbons (Fsp3) is 0.278. The van der Waals surface area contributed by atoms with Crippen LogP contribution in [-0.4, -0.2) is 33.2 Å². The number of nitrogens with one attached hydrogen (secondary N) is 1. The third kappa shape index (κ3) is 5.51. The van der Waals surface area contributed by atoms with E-state index in [1.165, 1.54) is 25.1 Å². The molecule has 0 aliphatic carbocycles. The lowest BCUT2D eigenvalue weighted by molar-refractivity contribution is -0.116. The van der Waals surface area contributed by atoms with Crippen molar-refractivity contribution in [2.24, 2.45) is 0 Å². The lowest BCUT2D eigenvalue weighted by atomic mass is 10.2. The lowest BCUT2D eigenvalue weighted by Gasteiger charge is -2.28. The summed E-state index contributed by atoms with van der Waals surface area (Å²) in [4.78, 5) is 12.8. The second-order valence-corrected chi connectivity index (χ2v) is 8.51. The third-order valence-corrected chi connectivity index (χ3v) is 5.31. The van der Waals surface area contributed by atoms with E-state index >= 15 is 0 Å². The van der Waals surface area contributed by atoms with E-state index in [-0.39, 0.29) is 15.7 Å². The molecule has 6 nitrogen and oxygen atoms in total. The molecule has 0 unspecified atom stereocenters. The smallest absolute Gasteiger partial charge is 0.248 e. The summed E-state index contributed by atoms with van der Waals surface area (Å²) in [6.45, 7) is 3.74. The average Bonchev–Trinajstić information content (AvgIpc) is 2.54. The van der Waals surface area contributed by atoms with Gasteiger partial charge in [0, 0.05) is 10.0 Å². The van der Waals surface area contributed by atoms with Crippen LogP contribution in [0.4, 0.5) is 11.4 Å². The number of amides is 1. The molecular formula is C18H20Cl2N2O4S. The Morgan fingerprint density at radius 2 is 1.78 bits per heavy atom. The summed E-state index contributed by atoms with van der Waals surface area (Å²) in [6, 6.07) is 10.2. The number of ether oxygens (including phenoxy) is 1. The van der Waals surface area contributed by atoms with Gasteiger partial charge in [-0.05, 0) is 44.2 Å². The molecule has 0 saturated carbocycles. The van der Waals surface area contributed by atoms with Crippen LogP contribution >= 0.6 is 23.2 Å². The highest BCUT2D eigenvalue weighted by Crippen LogP contribution is 2.29. The number of carbonyl (C=O) groups excluding carboxylic acids is 1. The minimum absolute atomic E-state index is 0.204. The Balaban J connectivity index is 2.36. The van der Waals surface area contributed by atoms with Crippen molar-refractivity contribution >= 4 is 50.5 Å². The fourth-order valence-electron chi connectivity index (χ4n) is 2.56. The molecule has 0 aliphatic rings. The number of anilines is 2. The Bertz CT molecular complexity index is 914. The van der Waals surface area contributed by atoms with Crippen molar-refractivity contribution in [3.05, 3.63) is 52.5 Å². The van der Waals surface area contributed by atoms with Crippen LogP contribution in [0.15, 0.2) is 42.5 Å². The second kappa shape index (κ2) is 8.82. The number of rotatable bonds is 7. The summed E-state index contributed by atoms with van der Waals surface area (Å²) in [7, 11) is -3.78. The highest BCUT2D eigenvalue weighted by atomic mass is 35.5. The van der Waals surface area contributed by atoms with Crippen LogP contribution in [0.1, 0.15) is 13.8 Å². The molecule has 0 saturated heterocycles. The van der Waals surface area contributed by atoms with Gasteiger partial charge in [-0.3, -0.25) is 9.10 Å². The maximum absolute atomic E-state index is 12.8. The number of sulfonamides is 1. The van der Waals surface area contributed by atoms with E-state index < -0.39 is 22.0 Å². The molecule has 9 heteroatoms. The van der Waals surface area contributed by atoms with Gasteiger partial charge in [-0.1, -0.05) is 35.3 Å². The normalized spacial score (nSPS) is 12.3. The van der Waals surface area contributed by atoms with Gasteiger partial charge in [0.1, 0.15) is 11.8 Å². The minimum atomic E-state index is -3.78. The van der Waals surface area contributed by atoms with E-state index in [2.05, 4.69) is 5.32 Å². The highest BCUT2D eigenvalue weighted by Gasteiger charge is 2.30. The number of hydrogen-bond acceptors (Lipinski definition) is 4. The molecule has 1 N–H and O–H groups in total. The molecular weight excluding hydrogens is 411 g/mol. The summed E-state index contributed by atoms with van der Waals surface area (Å²) in [5.41, 5.74) is 0.657. The van der Waals surface area contributed by atoms with Crippen molar-refractivity contribution in [3.63, 3.8) is 0 Å². The number of benzene rings is 2. The number of carbonyl (C=O) groups is 1. The Labute approximate surface area is 169 Å². The van der Waals surface area contributed by atoms with Crippen molar-refractivity contribution in [1.82, 2.24) is 0 Å². The Morgan fingerprint density at radius 1 is 1.19 bits per heavy atom. The van der Waals surface area contributed by atoms with Gasteiger partial charge in [-0.25, -0.2) is 8.42 Å². The monoisotopic (exact) mass is 430 g/mol. The maximum Gasteiger partial charge on any atom is 0.248 e. The fourth-order valence-corrected chi connectivity index (χ4v) is 4.24. The minimum Gasteiger partial charge on any atom is -0.492 e. The third-order valence-electron chi connectivity index (χ3n) is 3.64. The molecule has 2 aromatic carbocycles. The number of hydrogen-bond donors (Lipinski definition) is 1. The predicted octanol–water partition coefficient (Wildman–Crippen LogP) is 4.19. The van der Waals surface area contributed by atoms with Gasteiger partial charge in [0.05, 0.1) is 24.2 Å². The summed E-state index contributed by atoms with van der Waals surface area (Å²) in [5, 5.41) is 3.24. The van der Waals surface area contributed by atoms with Crippen LogP contribution in [0.25, 0.3) is 0 Å². The van der Waals surface area contributed by atoms with E-state index in [0.717, 1.165) is 10.6 Å². The Kier molecular flexibility index (Phi) is 6.97. The Hall–Kier alpha value is -1.96. The summed E-state index contributed by atoms with van der Waals surface area (Å²) < 4.78 is 31.2. The van der Waals surface area contributed by atoms with Crippen LogP contribution in [0, 0.1) is 0 Å². The maximum atomic E-state index is 12.8. The average molecular weight is 431 g/mol. The van der Waals surface area contributed by atoms with Crippen molar-refractivity contribution in [1.29, 1.82) is 0 Å². The summed E-state index contributed by atoms with van der Waals surface area (Å²) >= 11 is 12.0. The molecule has 2 rings (SSSR count). The van der Waals surface area contributed by atoms with Crippen molar-refractivity contribution < 1.29 is 17.9 Å². The van der Waals surface area contributed by atoms with Crippen LogP contribution in [0.3, 0.4) is 0 Å². The Morgan fingerprint density at radius 3 is 2.33 bits per heavy atom. The first-order chi connectivity index (χ1) is 12.6. The van der Waals surface area contributed by atoms with Crippen LogP contribution in [0.2, 0.25) is 10.0 Å².